The molecule has 4 atom stereocenters. The first-order chi connectivity index (χ1) is 9.09. The second-order valence-electron chi connectivity index (χ2n) is 7.92. The van der Waals surface area contributed by atoms with Gasteiger partial charge in [0.15, 0.2) is 0 Å². The fraction of sp³-hybridized carbons (Fsp3) is 0.938. The van der Waals surface area contributed by atoms with Crippen LogP contribution in [0.5, 0.6) is 0 Å². The van der Waals surface area contributed by atoms with E-state index in [-0.39, 0.29) is 17.4 Å². The van der Waals surface area contributed by atoms with Crippen LogP contribution in [-0.4, -0.2) is 42.5 Å². The summed E-state index contributed by atoms with van der Waals surface area (Å²) in [5.74, 6) is 1.46. The van der Waals surface area contributed by atoms with Gasteiger partial charge in [0.25, 0.3) is 0 Å². The SMILES string of the molecule is CC1CC(C)CN(CC(C)NC(=O)[C@@H](N)C(C)(C)C)C1. The third-order valence-corrected chi connectivity index (χ3v) is 4.08. The van der Waals surface area contributed by atoms with E-state index in [1.165, 1.54) is 6.42 Å². The smallest absolute Gasteiger partial charge is 0.237 e. The molecule has 1 aliphatic rings. The molecule has 0 bridgehead atoms. The number of piperidine rings is 1. The van der Waals surface area contributed by atoms with Gasteiger partial charge in [-0.25, -0.2) is 0 Å². The Morgan fingerprint density at radius 2 is 1.80 bits per heavy atom. The van der Waals surface area contributed by atoms with Crippen LogP contribution in [0.15, 0.2) is 0 Å². The minimum Gasteiger partial charge on any atom is -0.351 e. The van der Waals surface area contributed by atoms with Gasteiger partial charge in [0.05, 0.1) is 6.04 Å². The second kappa shape index (κ2) is 6.90. The maximum atomic E-state index is 12.1. The Hall–Kier alpha value is -0.610. The fourth-order valence-corrected chi connectivity index (χ4v) is 3.10. The van der Waals surface area contributed by atoms with Crippen molar-refractivity contribution in [2.75, 3.05) is 19.6 Å². The molecule has 1 rings (SSSR count). The van der Waals surface area contributed by atoms with Crippen molar-refractivity contribution in [3.05, 3.63) is 0 Å². The Labute approximate surface area is 124 Å². The number of rotatable bonds is 4. The summed E-state index contributed by atoms with van der Waals surface area (Å²) in [7, 11) is 0. The predicted molar refractivity (Wildman–Crippen MR) is 84.4 cm³/mol. The molecule has 0 radical (unpaired) electrons. The van der Waals surface area contributed by atoms with Crippen LogP contribution < -0.4 is 11.1 Å². The average Bonchev–Trinajstić information content (AvgIpc) is 2.24. The molecule has 0 saturated carbocycles. The number of nitrogens with two attached hydrogens (primary N) is 1. The van der Waals surface area contributed by atoms with Gasteiger partial charge >= 0.3 is 0 Å². The van der Waals surface area contributed by atoms with Gasteiger partial charge in [0.1, 0.15) is 0 Å². The van der Waals surface area contributed by atoms with Crippen molar-refractivity contribution >= 4 is 5.91 Å². The standard InChI is InChI=1S/C16H33N3O/c1-11-7-12(2)9-19(8-11)10-13(3)18-15(20)14(17)16(4,5)6/h11-14H,7-10,17H2,1-6H3,(H,18,20)/t11?,12?,13?,14-/m1/s1. The van der Waals surface area contributed by atoms with Gasteiger partial charge in [0, 0.05) is 25.7 Å². The highest BCUT2D eigenvalue weighted by molar-refractivity contribution is 5.82. The van der Waals surface area contributed by atoms with Crippen molar-refractivity contribution in [1.29, 1.82) is 0 Å². The summed E-state index contributed by atoms with van der Waals surface area (Å²) in [6.45, 7) is 15.9. The average molecular weight is 283 g/mol. The highest BCUT2D eigenvalue weighted by Gasteiger charge is 2.29. The first kappa shape index (κ1) is 17.4. The summed E-state index contributed by atoms with van der Waals surface area (Å²) in [4.78, 5) is 14.6. The molecule has 1 heterocycles. The van der Waals surface area contributed by atoms with Crippen LogP contribution in [0.1, 0.15) is 48.0 Å². The Morgan fingerprint density at radius 3 is 2.25 bits per heavy atom. The van der Waals surface area contributed by atoms with Crippen LogP contribution in [0.3, 0.4) is 0 Å². The Bertz CT molecular complexity index is 314. The zero-order valence-electron chi connectivity index (χ0n) is 14.1. The van der Waals surface area contributed by atoms with Gasteiger partial charge in [-0.2, -0.15) is 0 Å². The molecule has 1 amide bonds. The van der Waals surface area contributed by atoms with Gasteiger partial charge in [-0.05, 0) is 30.6 Å². The number of nitrogens with zero attached hydrogens (tertiary/aromatic N) is 1. The third kappa shape index (κ3) is 5.41. The number of carbonyl (C=O) groups excluding carboxylic acids is 1. The molecule has 0 aromatic rings. The number of likely N-dealkylation sites (tertiary alicyclic amines) is 1. The monoisotopic (exact) mass is 283 g/mol. The maximum Gasteiger partial charge on any atom is 0.237 e. The Kier molecular flexibility index (Phi) is 6.02. The van der Waals surface area contributed by atoms with E-state index in [0.717, 1.165) is 31.5 Å². The largest absolute Gasteiger partial charge is 0.351 e. The number of nitrogens with one attached hydrogen (secondary N) is 1. The number of carbonyl (C=O) groups is 1. The molecule has 0 spiro atoms. The van der Waals surface area contributed by atoms with Gasteiger partial charge in [-0.3, -0.25) is 4.79 Å². The van der Waals surface area contributed by atoms with Crippen molar-refractivity contribution in [2.45, 2.75) is 60.0 Å². The highest BCUT2D eigenvalue weighted by atomic mass is 16.2. The molecule has 20 heavy (non-hydrogen) atoms. The van der Waals surface area contributed by atoms with Crippen LogP contribution in [0.25, 0.3) is 0 Å². The molecule has 0 aromatic heterocycles. The zero-order valence-corrected chi connectivity index (χ0v) is 14.1. The fourth-order valence-electron chi connectivity index (χ4n) is 3.10. The van der Waals surface area contributed by atoms with Gasteiger partial charge in [-0.1, -0.05) is 34.6 Å². The number of amides is 1. The van der Waals surface area contributed by atoms with Crippen molar-refractivity contribution in [3.8, 4) is 0 Å². The molecule has 4 heteroatoms. The molecule has 4 nitrogen and oxygen atoms in total. The van der Waals surface area contributed by atoms with Crippen molar-refractivity contribution < 1.29 is 4.79 Å². The van der Waals surface area contributed by atoms with E-state index >= 15 is 0 Å². The summed E-state index contributed by atoms with van der Waals surface area (Å²) >= 11 is 0. The minimum atomic E-state index is -0.454. The topological polar surface area (TPSA) is 58.4 Å². The van der Waals surface area contributed by atoms with Crippen LogP contribution in [0.4, 0.5) is 0 Å². The van der Waals surface area contributed by atoms with E-state index in [2.05, 4.69) is 31.0 Å². The highest BCUT2D eigenvalue weighted by Crippen LogP contribution is 2.21. The van der Waals surface area contributed by atoms with Crippen molar-refractivity contribution in [3.63, 3.8) is 0 Å². The molecular formula is C16H33N3O. The van der Waals surface area contributed by atoms with Crippen LogP contribution in [0.2, 0.25) is 0 Å². The lowest BCUT2D eigenvalue weighted by molar-refractivity contribution is -0.125. The molecule has 1 aliphatic heterocycles. The van der Waals surface area contributed by atoms with E-state index in [0.29, 0.717) is 0 Å². The zero-order chi connectivity index (χ0) is 15.5. The quantitative estimate of drug-likeness (QED) is 0.828. The molecule has 0 aliphatic carbocycles. The summed E-state index contributed by atoms with van der Waals surface area (Å²) in [6.07, 6.45) is 1.31. The minimum absolute atomic E-state index is 0.0388. The van der Waals surface area contributed by atoms with E-state index in [1.807, 2.05) is 20.8 Å². The summed E-state index contributed by atoms with van der Waals surface area (Å²) in [5.41, 5.74) is 5.80. The molecule has 0 aromatic carbocycles. The van der Waals surface area contributed by atoms with Gasteiger partial charge in [0.2, 0.25) is 5.91 Å². The molecule has 1 fully saturated rings. The molecule has 3 unspecified atom stereocenters. The predicted octanol–water partition coefficient (Wildman–Crippen LogP) is 1.84. The summed E-state index contributed by atoms with van der Waals surface area (Å²) in [6, 6.07) is -0.308. The molecule has 3 N–H and O–H groups in total. The molecule has 1 saturated heterocycles. The van der Waals surface area contributed by atoms with E-state index < -0.39 is 6.04 Å². The van der Waals surface area contributed by atoms with E-state index in [4.69, 9.17) is 5.73 Å². The lowest BCUT2D eigenvalue weighted by Gasteiger charge is -2.37. The molecule has 118 valence electrons. The number of hydrogen-bond donors (Lipinski definition) is 2. The van der Waals surface area contributed by atoms with E-state index in [1.54, 1.807) is 0 Å². The Morgan fingerprint density at radius 1 is 1.30 bits per heavy atom. The first-order valence-corrected chi connectivity index (χ1v) is 7.88. The molecular weight excluding hydrogens is 250 g/mol. The summed E-state index contributed by atoms with van der Waals surface area (Å²) in [5, 5.41) is 3.06. The van der Waals surface area contributed by atoms with E-state index in [9.17, 15) is 4.79 Å². The first-order valence-electron chi connectivity index (χ1n) is 7.88. The number of hydrogen-bond acceptors (Lipinski definition) is 3. The third-order valence-electron chi connectivity index (χ3n) is 4.08. The van der Waals surface area contributed by atoms with Crippen LogP contribution in [0, 0.1) is 17.3 Å². The van der Waals surface area contributed by atoms with Crippen LogP contribution in [-0.2, 0) is 4.79 Å². The second-order valence-corrected chi connectivity index (χ2v) is 7.92. The van der Waals surface area contributed by atoms with Crippen molar-refractivity contribution in [2.24, 2.45) is 23.0 Å². The summed E-state index contributed by atoms with van der Waals surface area (Å²) < 4.78 is 0. The normalized spacial score (nSPS) is 27.9. The van der Waals surface area contributed by atoms with Gasteiger partial charge < -0.3 is 16.0 Å². The van der Waals surface area contributed by atoms with Crippen LogP contribution >= 0.6 is 0 Å². The maximum absolute atomic E-state index is 12.1. The van der Waals surface area contributed by atoms with Crippen molar-refractivity contribution in [1.82, 2.24) is 10.2 Å². The Balaban J connectivity index is 2.43. The lowest BCUT2D eigenvalue weighted by Crippen LogP contribution is -2.53. The lowest BCUT2D eigenvalue weighted by atomic mass is 9.87. The van der Waals surface area contributed by atoms with Gasteiger partial charge in [-0.15, -0.1) is 0 Å².